The van der Waals surface area contributed by atoms with E-state index in [9.17, 15) is 4.79 Å². The van der Waals surface area contributed by atoms with Gasteiger partial charge in [0.05, 0.1) is 12.1 Å². The Kier molecular flexibility index (Phi) is 5.62. The second-order valence-electron chi connectivity index (χ2n) is 9.48. The lowest BCUT2D eigenvalue weighted by atomic mass is 9.83. The second-order valence-corrected chi connectivity index (χ2v) is 9.48. The van der Waals surface area contributed by atoms with Crippen molar-refractivity contribution in [2.75, 3.05) is 20.6 Å². The number of H-pyrrole nitrogens is 1. The molecule has 0 unspecified atom stereocenters. The third-order valence-corrected chi connectivity index (χ3v) is 6.98. The van der Waals surface area contributed by atoms with Crippen molar-refractivity contribution in [3.63, 3.8) is 0 Å². The van der Waals surface area contributed by atoms with Crippen LogP contribution in [-0.4, -0.2) is 62.3 Å². The Morgan fingerprint density at radius 3 is 2.70 bits per heavy atom. The lowest BCUT2D eigenvalue weighted by molar-refractivity contribution is -0.127. The van der Waals surface area contributed by atoms with E-state index >= 15 is 0 Å². The largest absolute Gasteiger partial charge is 0.348 e. The molecule has 1 fully saturated rings. The van der Waals surface area contributed by atoms with Crippen molar-refractivity contribution in [3.05, 3.63) is 47.5 Å². The molecule has 3 heterocycles. The van der Waals surface area contributed by atoms with E-state index in [1.807, 2.05) is 10.7 Å². The number of fused-ring (bicyclic) bond motifs is 2. The standard InChI is InChI=1S/C25H31N7O/c1-15-10-21-22(11-20(15)18-9-16(2)25-27-14-28-32(25)13-18)29-30-24(21)17-5-7-19(8-6-17)26-12-23(33)31(3)4/h9-11,13-14,17,19,26H,5-8,12H2,1-4H3,(H,29,30). The normalized spacial score (nSPS) is 18.8. The molecule has 5 rings (SSSR count). The molecule has 0 atom stereocenters. The summed E-state index contributed by atoms with van der Waals surface area (Å²) < 4.78 is 1.84. The first-order valence-corrected chi connectivity index (χ1v) is 11.6. The van der Waals surface area contributed by atoms with E-state index in [-0.39, 0.29) is 5.91 Å². The molecule has 33 heavy (non-hydrogen) atoms. The number of benzene rings is 1. The van der Waals surface area contributed by atoms with Gasteiger partial charge < -0.3 is 10.2 Å². The fourth-order valence-electron chi connectivity index (χ4n) is 5.02. The number of aromatic nitrogens is 5. The summed E-state index contributed by atoms with van der Waals surface area (Å²) in [5.41, 5.74) is 7.74. The van der Waals surface area contributed by atoms with Gasteiger partial charge in [-0.25, -0.2) is 9.50 Å². The molecule has 1 aromatic carbocycles. The maximum Gasteiger partial charge on any atom is 0.236 e. The van der Waals surface area contributed by atoms with Crippen LogP contribution in [-0.2, 0) is 4.79 Å². The highest BCUT2D eigenvalue weighted by molar-refractivity contribution is 5.88. The predicted molar refractivity (Wildman–Crippen MR) is 129 cm³/mol. The van der Waals surface area contributed by atoms with Crippen LogP contribution in [0.5, 0.6) is 0 Å². The highest BCUT2D eigenvalue weighted by Gasteiger charge is 2.25. The number of rotatable bonds is 5. The van der Waals surface area contributed by atoms with Gasteiger partial charge >= 0.3 is 0 Å². The highest BCUT2D eigenvalue weighted by Crippen LogP contribution is 2.37. The van der Waals surface area contributed by atoms with E-state index in [0.29, 0.717) is 18.5 Å². The molecule has 4 aromatic rings. The van der Waals surface area contributed by atoms with Gasteiger partial charge in [0, 0.05) is 48.9 Å². The third-order valence-electron chi connectivity index (χ3n) is 6.98. The minimum absolute atomic E-state index is 0.126. The molecule has 0 saturated heterocycles. The van der Waals surface area contributed by atoms with Gasteiger partial charge in [-0.3, -0.25) is 9.89 Å². The number of hydrogen-bond acceptors (Lipinski definition) is 5. The quantitative estimate of drug-likeness (QED) is 0.490. The van der Waals surface area contributed by atoms with Crippen LogP contribution in [0.1, 0.15) is 48.4 Å². The van der Waals surface area contributed by atoms with Crippen molar-refractivity contribution >= 4 is 22.5 Å². The number of nitrogens with zero attached hydrogens (tertiary/aromatic N) is 5. The van der Waals surface area contributed by atoms with Gasteiger partial charge in [0.1, 0.15) is 6.33 Å². The first-order chi connectivity index (χ1) is 15.9. The number of pyridine rings is 1. The average Bonchev–Trinajstić information content (AvgIpc) is 3.44. The van der Waals surface area contributed by atoms with E-state index in [0.717, 1.165) is 48.0 Å². The fraction of sp³-hybridized carbons (Fsp3) is 0.440. The summed E-state index contributed by atoms with van der Waals surface area (Å²) in [4.78, 5) is 17.8. The summed E-state index contributed by atoms with van der Waals surface area (Å²) in [6.45, 7) is 4.64. The topological polar surface area (TPSA) is 91.2 Å². The number of carbonyl (C=O) groups is 1. The molecule has 3 aromatic heterocycles. The first kappa shape index (κ1) is 21.6. The minimum Gasteiger partial charge on any atom is -0.348 e. The molecule has 1 aliphatic carbocycles. The van der Waals surface area contributed by atoms with Gasteiger partial charge in [0.15, 0.2) is 5.65 Å². The Morgan fingerprint density at radius 1 is 1.15 bits per heavy atom. The Balaban J connectivity index is 1.35. The molecule has 0 spiro atoms. The Morgan fingerprint density at radius 2 is 1.94 bits per heavy atom. The highest BCUT2D eigenvalue weighted by atomic mass is 16.2. The number of likely N-dealkylation sites (N-methyl/N-ethyl adjacent to an activating group) is 1. The van der Waals surface area contributed by atoms with Crippen LogP contribution in [0.25, 0.3) is 27.7 Å². The first-order valence-electron chi connectivity index (χ1n) is 11.6. The average molecular weight is 446 g/mol. The van der Waals surface area contributed by atoms with E-state index in [1.165, 1.54) is 22.2 Å². The van der Waals surface area contributed by atoms with Crippen molar-refractivity contribution < 1.29 is 4.79 Å². The van der Waals surface area contributed by atoms with Crippen LogP contribution in [0, 0.1) is 13.8 Å². The second kappa shape index (κ2) is 8.59. The lowest BCUT2D eigenvalue weighted by Crippen LogP contribution is -2.40. The molecule has 0 bridgehead atoms. The molecule has 172 valence electrons. The Bertz CT molecular complexity index is 1310. The smallest absolute Gasteiger partial charge is 0.236 e. The fourth-order valence-corrected chi connectivity index (χ4v) is 5.02. The zero-order valence-electron chi connectivity index (χ0n) is 19.7. The van der Waals surface area contributed by atoms with Gasteiger partial charge in [-0.2, -0.15) is 10.2 Å². The monoisotopic (exact) mass is 445 g/mol. The van der Waals surface area contributed by atoms with Crippen molar-refractivity contribution in [1.29, 1.82) is 0 Å². The zero-order valence-corrected chi connectivity index (χ0v) is 19.7. The molecule has 1 amide bonds. The Hall–Kier alpha value is -3.26. The SMILES string of the molecule is Cc1cc2c(C3CCC(NCC(=O)N(C)C)CC3)[nH]nc2cc1-c1cc(C)c2ncnn2c1. The van der Waals surface area contributed by atoms with Gasteiger partial charge in [0.2, 0.25) is 5.91 Å². The van der Waals surface area contributed by atoms with Crippen LogP contribution < -0.4 is 5.32 Å². The van der Waals surface area contributed by atoms with Crippen LogP contribution in [0.2, 0.25) is 0 Å². The molecular formula is C25H31N7O. The maximum atomic E-state index is 11.9. The molecule has 0 aliphatic heterocycles. The summed E-state index contributed by atoms with van der Waals surface area (Å²) in [5.74, 6) is 0.595. The molecule has 2 N–H and O–H groups in total. The lowest BCUT2D eigenvalue weighted by Gasteiger charge is -2.29. The van der Waals surface area contributed by atoms with Crippen LogP contribution in [0.3, 0.4) is 0 Å². The van der Waals surface area contributed by atoms with Gasteiger partial charge in [-0.1, -0.05) is 0 Å². The van der Waals surface area contributed by atoms with Crippen molar-refractivity contribution in [2.24, 2.45) is 0 Å². The number of amides is 1. The number of hydrogen-bond donors (Lipinski definition) is 2. The molecule has 0 radical (unpaired) electrons. The summed E-state index contributed by atoms with van der Waals surface area (Å²) in [5, 5.41) is 17.0. The summed E-state index contributed by atoms with van der Waals surface area (Å²) >= 11 is 0. The van der Waals surface area contributed by atoms with E-state index in [1.54, 1.807) is 25.3 Å². The van der Waals surface area contributed by atoms with Crippen LogP contribution in [0.4, 0.5) is 0 Å². The summed E-state index contributed by atoms with van der Waals surface area (Å²) in [6.07, 6.45) is 7.95. The van der Waals surface area contributed by atoms with Crippen molar-refractivity contribution in [1.82, 2.24) is 35.0 Å². The van der Waals surface area contributed by atoms with Crippen molar-refractivity contribution in [2.45, 2.75) is 51.5 Å². The van der Waals surface area contributed by atoms with Crippen LogP contribution >= 0.6 is 0 Å². The van der Waals surface area contributed by atoms with Crippen molar-refractivity contribution in [3.8, 4) is 11.1 Å². The molecule has 1 saturated carbocycles. The predicted octanol–water partition coefficient (Wildman–Crippen LogP) is 3.59. The van der Waals surface area contributed by atoms with Gasteiger partial charge in [0.25, 0.3) is 0 Å². The third kappa shape index (κ3) is 4.11. The van der Waals surface area contributed by atoms with E-state index in [2.05, 4.69) is 57.6 Å². The van der Waals surface area contributed by atoms with E-state index < -0.39 is 0 Å². The maximum absolute atomic E-state index is 11.9. The van der Waals surface area contributed by atoms with Gasteiger partial charge in [-0.05, 0) is 74.4 Å². The number of carbonyl (C=O) groups excluding carboxylic acids is 1. The summed E-state index contributed by atoms with van der Waals surface area (Å²) in [7, 11) is 3.59. The molecule has 1 aliphatic rings. The molecule has 8 nitrogen and oxygen atoms in total. The van der Waals surface area contributed by atoms with Gasteiger partial charge in [-0.15, -0.1) is 0 Å². The summed E-state index contributed by atoms with van der Waals surface area (Å²) in [6, 6.07) is 7.02. The Labute approximate surface area is 193 Å². The van der Waals surface area contributed by atoms with Crippen LogP contribution in [0.15, 0.2) is 30.7 Å². The minimum atomic E-state index is 0.126. The van der Waals surface area contributed by atoms with E-state index in [4.69, 9.17) is 0 Å². The number of aryl methyl sites for hydroxylation is 2. The number of nitrogens with one attached hydrogen (secondary N) is 2. The zero-order chi connectivity index (χ0) is 23.1. The molecular weight excluding hydrogens is 414 g/mol. The number of aromatic amines is 1. The molecule has 8 heteroatoms.